The predicted molar refractivity (Wildman–Crippen MR) is 75.8 cm³/mol. The number of ether oxygens (including phenoxy) is 3. The number of carbonyl (C=O) groups is 1. The zero-order valence-corrected chi connectivity index (χ0v) is 11.2. The molecule has 0 saturated heterocycles. The van der Waals surface area contributed by atoms with Crippen molar-refractivity contribution in [3.05, 3.63) is 54.1 Å². The highest BCUT2D eigenvalue weighted by molar-refractivity contribution is 5.75. The smallest absolute Gasteiger partial charge is 0.150 e. The minimum absolute atomic E-state index is 0.402. The molecule has 0 radical (unpaired) electrons. The lowest BCUT2D eigenvalue weighted by molar-refractivity contribution is 0.112. The summed E-state index contributed by atoms with van der Waals surface area (Å²) in [6, 6.07) is 14.4. The van der Waals surface area contributed by atoms with Crippen LogP contribution in [0.1, 0.15) is 10.4 Å². The fraction of sp³-hybridized carbons (Fsp3) is 0.188. The number of aldehydes is 1. The highest BCUT2D eigenvalue weighted by atomic mass is 16.5. The quantitative estimate of drug-likeness (QED) is 0.574. The number of hydrogen-bond donors (Lipinski definition) is 0. The number of carbonyl (C=O) groups excluding carboxylic acids is 1. The number of hydrogen-bond acceptors (Lipinski definition) is 4. The van der Waals surface area contributed by atoms with Crippen LogP contribution in [0.25, 0.3) is 0 Å². The summed E-state index contributed by atoms with van der Waals surface area (Å²) in [6.45, 7) is 0.817. The number of methoxy groups -OCH3 is 1. The Morgan fingerprint density at radius 1 is 0.900 bits per heavy atom. The molecule has 0 N–H and O–H groups in total. The summed E-state index contributed by atoms with van der Waals surface area (Å²) in [6.07, 6.45) is 0.791. The van der Waals surface area contributed by atoms with Crippen molar-refractivity contribution in [3.63, 3.8) is 0 Å². The molecular weight excluding hydrogens is 256 g/mol. The summed E-state index contributed by atoms with van der Waals surface area (Å²) in [4.78, 5) is 10.6. The van der Waals surface area contributed by atoms with Gasteiger partial charge in [0.1, 0.15) is 36.7 Å². The Hall–Kier alpha value is -2.49. The van der Waals surface area contributed by atoms with Crippen molar-refractivity contribution in [2.75, 3.05) is 20.3 Å². The second-order valence-corrected chi connectivity index (χ2v) is 4.07. The predicted octanol–water partition coefficient (Wildman–Crippen LogP) is 2.97. The molecule has 0 aromatic heterocycles. The van der Waals surface area contributed by atoms with Gasteiger partial charge in [-0.1, -0.05) is 18.2 Å². The van der Waals surface area contributed by atoms with Crippen LogP contribution in [0.2, 0.25) is 0 Å². The van der Waals surface area contributed by atoms with Crippen molar-refractivity contribution in [1.29, 1.82) is 0 Å². The molecule has 4 heteroatoms. The highest BCUT2D eigenvalue weighted by Crippen LogP contribution is 2.18. The third kappa shape index (κ3) is 4.02. The molecule has 0 saturated carbocycles. The average Bonchev–Trinajstić information content (AvgIpc) is 2.52. The Morgan fingerprint density at radius 3 is 2.15 bits per heavy atom. The molecule has 0 aliphatic rings. The minimum atomic E-state index is 0.402. The van der Waals surface area contributed by atoms with Crippen molar-refractivity contribution >= 4 is 6.29 Å². The molecule has 20 heavy (non-hydrogen) atoms. The van der Waals surface area contributed by atoms with Crippen molar-refractivity contribution in [1.82, 2.24) is 0 Å². The van der Waals surface area contributed by atoms with E-state index in [-0.39, 0.29) is 0 Å². The van der Waals surface area contributed by atoms with Crippen molar-refractivity contribution in [2.24, 2.45) is 0 Å². The van der Waals surface area contributed by atoms with Crippen LogP contribution in [0, 0.1) is 0 Å². The fourth-order valence-electron chi connectivity index (χ4n) is 1.69. The van der Waals surface area contributed by atoms with Crippen molar-refractivity contribution in [3.8, 4) is 17.2 Å². The molecule has 0 spiro atoms. The first-order valence-corrected chi connectivity index (χ1v) is 6.27. The van der Waals surface area contributed by atoms with Gasteiger partial charge in [0, 0.05) is 11.6 Å². The normalized spacial score (nSPS) is 9.85. The van der Waals surface area contributed by atoms with Gasteiger partial charge in [-0.25, -0.2) is 0 Å². The molecule has 0 amide bonds. The number of benzene rings is 2. The van der Waals surface area contributed by atoms with E-state index in [1.807, 2.05) is 24.3 Å². The molecule has 0 fully saturated rings. The molecule has 2 rings (SSSR count). The maximum Gasteiger partial charge on any atom is 0.150 e. The molecule has 104 valence electrons. The molecule has 0 aliphatic heterocycles. The topological polar surface area (TPSA) is 44.8 Å². The van der Waals surface area contributed by atoms with E-state index in [1.165, 1.54) is 0 Å². The molecule has 0 bridgehead atoms. The summed E-state index contributed by atoms with van der Waals surface area (Å²) >= 11 is 0. The zero-order valence-electron chi connectivity index (χ0n) is 11.2. The molecule has 2 aromatic carbocycles. The summed E-state index contributed by atoms with van der Waals surface area (Å²) in [7, 11) is 1.61. The summed E-state index contributed by atoms with van der Waals surface area (Å²) in [5.74, 6) is 2.14. The van der Waals surface area contributed by atoms with Crippen LogP contribution >= 0.6 is 0 Å². The second kappa shape index (κ2) is 7.19. The van der Waals surface area contributed by atoms with E-state index in [2.05, 4.69) is 0 Å². The van der Waals surface area contributed by atoms with Gasteiger partial charge in [0.05, 0.1) is 7.11 Å². The maximum atomic E-state index is 10.6. The lowest BCUT2D eigenvalue weighted by atomic mass is 10.2. The first kappa shape index (κ1) is 13.9. The van der Waals surface area contributed by atoms with Gasteiger partial charge in [0.2, 0.25) is 0 Å². The summed E-state index contributed by atoms with van der Waals surface area (Å²) in [5, 5.41) is 0. The minimum Gasteiger partial charge on any atom is -0.497 e. The van der Waals surface area contributed by atoms with E-state index < -0.39 is 0 Å². The lowest BCUT2D eigenvalue weighted by Crippen LogP contribution is -2.09. The molecule has 0 aliphatic carbocycles. The van der Waals surface area contributed by atoms with E-state index in [1.54, 1.807) is 31.4 Å². The Kier molecular flexibility index (Phi) is 5.00. The van der Waals surface area contributed by atoms with Gasteiger partial charge in [-0.15, -0.1) is 0 Å². The first-order valence-electron chi connectivity index (χ1n) is 6.27. The summed E-state index contributed by atoms with van der Waals surface area (Å²) in [5.41, 5.74) is 0.594. The molecule has 4 nitrogen and oxygen atoms in total. The van der Waals surface area contributed by atoms with Crippen LogP contribution in [-0.2, 0) is 0 Å². The Morgan fingerprint density at radius 2 is 1.50 bits per heavy atom. The van der Waals surface area contributed by atoms with Crippen LogP contribution in [0.5, 0.6) is 17.2 Å². The summed E-state index contributed by atoms with van der Waals surface area (Å²) < 4.78 is 16.2. The second-order valence-electron chi connectivity index (χ2n) is 4.07. The van der Waals surface area contributed by atoms with E-state index in [4.69, 9.17) is 14.2 Å². The van der Waals surface area contributed by atoms with Gasteiger partial charge in [0.25, 0.3) is 0 Å². The van der Waals surface area contributed by atoms with Crippen LogP contribution in [0.15, 0.2) is 48.5 Å². The molecule has 0 unspecified atom stereocenters. The van der Waals surface area contributed by atoms with Crippen LogP contribution < -0.4 is 14.2 Å². The lowest BCUT2D eigenvalue weighted by Gasteiger charge is -2.09. The van der Waals surface area contributed by atoms with E-state index in [9.17, 15) is 4.79 Å². The van der Waals surface area contributed by atoms with E-state index in [0.29, 0.717) is 24.5 Å². The Balaban J connectivity index is 1.79. The molecular formula is C16H16O4. The third-order valence-corrected chi connectivity index (χ3v) is 2.66. The first-order chi connectivity index (χ1) is 9.81. The maximum absolute atomic E-state index is 10.6. The van der Waals surface area contributed by atoms with Crippen LogP contribution in [0.3, 0.4) is 0 Å². The highest BCUT2D eigenvalue weighted by Gasteiger charge is 1.98. The van der Waals surface area contributed by atoms with Gasteiger partial charge in [-0.3, -0.25) is 4.79 Å². The zero-order chi connectivity index (χ0) is 14.2. The Labute approximate surface area is 117 Å². The molecule has 2 aromatic rings. The fourth-order valence-corrected chi connectivity index (χ4v) is 1.69. The van der Waals surface area contributed by atoms with E-state index >= 15 is 0 Å². The van der Waals surface area contributed by atoms with Gasteiger partial charge in [0.15, 0.2) is 0 Å². The van der Waals surface area contributed by atoms with Crippen molar-refractivity contribution < 1.29 is 19.0 Å². The third-order valence-electron chi connectivity index (χ3n) is 2.66. The van der Waals surface area contributed by atoms with Crippen LogP contribution in [-0.4, -0.2) is 26.6 Å². The van der Waals surface area contributed by atoms with Gasteiger partial charge < -0.3 is 14.2 Å². The standard InChI is InChI=1S/C16H16O4/c1-18-14-5-3-7-16(11-14)20-9-8-19-15-6-2-4-13(10-15)12-17/h2-7,10-12H,8-9H2,1H3. The van der Waals surface area contributed by atoms with Crippen LogP contribution in [0.4, 0.5) is 0 Å². The van der Waals surface area contributed by atoms with Crippen molar-refractivity contribution in [2.45, 2.75) is 0 Å². The van der Waals surface area contributed by atoms with Gasteiger partial charge >= 0.3 is 0 Å². The average molecular weight is 272 g/mol. The molecule has 0 atom stereocenters. The van der Waals surface area contributed by atoms with E-state index in [0.717, 1.165) is 17.8 Å². The largest absolute Gasteiger partial charge is 0.497 e. The monoisotopic (exact) mass is 272 g/mol. The molecule has 0 heterocycles. The van der Waals surface area contributed by atoms with Gasteiger partial charge in [-0.2, -0.15) is 0 Å². The van der Waals surface area contributed by atoms with Gasteiger partial charge in [-0.05, 0) is 24.3 Å². The Bertz CT molecular complexity index is 566. The SMILES string of the molecule is COc1cccc(OCCOc2cccc(C=O)c2)c1. The number of rotatable bonds is 7.